The van der Waals surface area contributed by atoms with Crippen molar-refractivity contribution in [1.82, 2.24) is 0 Å². The fourth-order valence-electron chi connectivity index (χ4n) is 5.80. The minimum absolute atomic E-state index is 0.476. The monoisotopic (exact) mass is 414 g/mol. The summed E-state index contributed by atoms with van der Waals surface area (Å²) < 4.78 is 0. The third-order valence-corrected chi connectivity index (χ3v) is 7.22. The van der Waals surface area contributed by atoms with Crippen LogP contribution >= 0.6 is 0 Å². The van der Waals surface area contributed by atoms with Crippen LogP contribution in [0.1, 0.15) is 60.8 Å². The second-order valence-electron chi connectivity index (χ2n) is 9.21. The molecule has 4 N–H and O–H groups in total. The summed E-state index contributed by atoms with van der Waals surface area (Å²) in [5, 5.41) is 40.5. The average Bonchev–Trinajstić information content (AvgIpc) is 2.67. The van der Waals surface area contributed by atoms with Gasteiger partial charge in [0.15, 0.2) is 10.8 Å². The third kappa shape index (κ3) is 3.62. The summed E-state index contributed by atoms with van der Waals surface area (Å²) >= 11 is 0. The van der Waals surface area contributed by atoms with Crippen LogP contribution in [0.3, 0.4) is 0 Å². The van der Waals surface area contributed by atoms with E-state index in [9.17, 15) is 39.6 Å². The van der Waals surface area contributed by atoms with Crippen LogP contribution in [0, 0.1) is 46.3 Å². The molecule has 8 heteroatoms. The van der Waals surface area contributed by atoms with Crippen molar-refractivity contribution in [2.75, 3.05) is 0 Å². The second-order valence-corrected chi connectivity index (χ2v) is 9.21. The molecule has 0 aromatic rings. The quantitative estimate of drug-likeness (QED) is 0.349. The Morgan fingerprint density at radius 2 is 0.897 bits per heavy atom. The molecule has 1 aliphatic rings. The van der Waals surface area contributed by atoms with Gasteiger partial charge in [0.1, 0.15) is 0 Å². The fraction of sp³-hybridized carbons (Fsp3) is 0.810. The van der Waals surface area contributed by atoms with Crippen molar-refractivity contribution in [2.45, 2.75) is 60.8 Å². The predicted molar refractivity (Wildman–Crippen MR) is 104 cm³/mol. The van der Waals surface area contributed by atoms with Gasteiger partial charge in [0, 0.05) is 0 Å². The molecular formula is C21H34O8. The van der Waals surface area contributed by atoms with Gasteiger partial charge in [-0.2, -0.15) is 0 Å². The molecule has 0 amide bonds. The molecule has 1 fully saturated rings. The maximum Gasteiger partial charge on any atom is 0.321 e. The topological polar surface area (TPSA) is 149 Å². The molecule has 0 spiro atoms. The van der Waals surface area contributed by atoms with Crippen LogP contribution in [-0.2, 0) is 19.2 Å². The van der Waals surface area contributed by atoms with E-state index in [1.54, 1.807) is 13.8 Å². The highest BCUT2D eigenvalue weighted by Crippen LogP contribution is 2.57. The first-order chi connectivity index (χ1) is 13.2. The molecule has 0 heterocycles. The Morgan fingerprint density at radius 1 is 0.655 bits per heavy atom. The maximum atomic E-state index is 12.5. The molecule has 0 aromatic heterocycles. The fourth-order valence-corrected chi connectivity index (χ4v) is 5.80. The number of carboxylic acids is 4. The van der Waals surface area contributed by atoms with E-state index in [0.717, 1.165) is 0 Å². The number of rotatable bonds is 8. The lowest BCUT2D eigenvalue weighted by Gasteiger charge is -2.50. The number of hydrogen-bond donors (Lipinski definition) is 4. The first-order valence-corrected chi connectivity index (χ1v) is 10.1. The van der Waals surface area contributed by atoms with Gasteiger partial charge in [-0.05, 0) is 35.5 Å². The summed E-state index contributed by atoms with van der Waals surface area (Å²) in [6.07, 6.45) is 1.66. The number of carbonyl (C=O) groups is 4. The van der Waals surface area contributed by atoms with Crippen LogP contribution < -0.4 is 0 Å². The molecule has 4 unspecified atom stereocenters. The van der Waals surface area contributed by atoms with E-state index < -0.39 is 70.2 Å². The zero-order valence-corrected chi connectivity index (χ0v) is 18.0. The summed E-state index contributed by atoms with van der Waals surface area (Å²) in [7, 11) is 0. The first-order valence-electron chi connectivity index (χ1n) is 10.1. The highest BCUT2D eigenvalue weighted by atomic mass is 16.4. The molecule has 1 saturated carbocycles. The van der Waals surface area contributed by atoms with Crippen LogP contribution in [0.5, 0.6) is 0 Å². The Kier molecular flexibility index (Phi) is 7.49. The van der Waals surface area contributed by atoms with Gasteiger partial charge in [0.25, 0.3) is 0 Å². The minimum atomic E-state index is -2.30. The summed E-state index contributed by atoms with van der Waals surface area (Å²) in [5.41, 5.74) is -4.60. The smallest absolute Gasteiger partial charge is 0.321 e. The second kappa shape index (κ2) is 8.71. The van der Waals surface area contributed by atoms with Crippen molar-refractivity contribution >= 4 is 23.9 Å². The summed E-state index contributed by atoms with van der Waals surface area (Å²) in [5.74, 6) is -11.2. The first kappa shape index (κ1) is 24.9. The van der Waals surface area contributed by atoms with Gasteiger partial charge in [0.05, 0.1) is 0 Å². The number of aliphatic carboxylic acids is 4. The molecule has 1 rings (SSSR count). The molecule has 0 radical (unpaired) electrons. The van der Waals surface area contributed by atoms with E-state index in [1.807, 2.05) is 0 Å². The van der Waals surface area contributed by atoms with Gasteiger partial charge in [-0.1, -0.05) is 60.8 Å². The predicted octanol–water partition coefficient (Wildman–Crippen LogP) is 3.30. The third-order valence-electron chi connectivity index (χ3n) is 7.22. The number of carboxylic acid groups (broad SMARTS) is 4. The van der Waals surface area contributed by atoms with Crippen LogP contribution in [-0.4, -0.2) is 44.3 Å². The van der Waals surface area contributed by atoms with Crippen LogP contribution in [0.4, 0.5) is 0 Å². The van der Waals surface area contributed by atoms with E-state index in [2.05, 4.69) is 0 Å². The van der Waals surface area contributed by atoms with Crippen LogP contribution in [0.15, 0.2) is 0 Å². The van der Waals surface area contributed by atoms with E-state index in [0.29, 0.717) is 19.3 Å². The van der Waals surface area contributed by atoms with Crippen molar-refractivity contribution < 1.29 is 39.6 Å². The molecule has 166 valence electrons. The highest BCUT2D eigenvalue weighted by Gasteiger charge is 2.68. The summed E-state index contributed by atoms with van der Waals surface area (Å²) in [6.45, 7) is 9.38. The van der Waals surface area contributed by atoms with Crippen molar-refractivity contribution in [3.05, 3.63) is 0 Å². The van der Waals surface area contributed by atoms with Gasteiger partial charge in [-0.15, -0.1) is 0 Å². The van der Waals surface area contributed by atoms with Gasteiger partial charge in [0.2, 0.25) is 0 Å². The molecular weight excluding hydrogens is 380 g/mol. The van der Waals surface area contributed by atoms with Crippen LogP contribution in [0.2, 0.25) is 0 Å². The molecule has 8 nitrogen and oxygen atoms in total. The van der Waals surface area contributed by atoms with Gasteiger partial charge in [-0.3, -0.25) is 19.2 Å². The van der Waals surface area contributed by atoms with Crippen molar-refractivity contribution in [3.63, 3.8) is 0 Å². The molecule has 1 aliphatic carbocycles. The SMILES string of the molecule is CC1CCCC(C)C(C(C(=O)O)(C(=O)O)C(C)C)C1C(C(=O)O)(C(=O)O)C(C)C. The molecule has 0 aliphatic heterocycles. The number of hydrogen-bond acceptors (Lipinski definition) is 4. The summed E-state index contributed by atoms with van der Waals surface area (Å²) in [6, 6.07) is 0. The Bertz CT molecular complexity index is 582. The zero-order valence-electron chi connectivity index (χ0n) is 18.0. The molecule has 29 heavy (non-hydrogen) atoms. The van der Waals surface area contributed by atoms with E-state index in [4.69, 9.17) is 0 Å². The lowest BCUT2D eigenvalue weighted by atomic mass is 9.49. The van der Waals surface area contributed by atoms with E-state index >= 15 is 0 Å². The van der Waals surface area contributed by atoms with Gasteiger partial charge in [-0.25, -0.2) is 0 Å². The maximum absolute atomic E-state index is 12.5. The average molecular weight is 414 g/mol. The molecule has 0 saturated heterocycles. The van der Waals surface area contributed by atoms with Crippen LogP contribution in [0.25, 0.3) is 0 Å². The Labute approximate surface area is 171 Å². The van der Waals surface area contributed by atoms with E-state index in [-0.39, 0.29) is 0 Å². The van der Waals surface area contributed by atoms with Gasteiger partial charge >= 0.3 is 23.9 Å². The van der Waals surface area contributed by atoms with E-state index in [1.165, 1.54) is 27.7 Å². The Balaban J connectivity index is 4.08. The molecule has 0 aromatic carbocycles. The Hall–Kier alpha value is -2.12. The lowest BCUT2D eigenvalue weighted by Crippen LogP contribution is -2.62. The highest BCUT2D eigenvalue weighted by molar-refractivity contribution is 6.01. The van der Waals surface area contributed by atoms with Crippen molar-refractivity contribution in [3.8, 4) is 0 Å². The minimum Gasteiger partial charge on any atom is -0.480 e. The molecule has 0 bridgehead atoms. The Morgan fingerprint density at radius 3 is 1.07 bits per heavy atom. The molecule has 4 atom stereocenters. The standard InChI is InChI=1S/C21H34O8/c1-10(2)20(16(22)23,17(24)25)14-12(5)8-7-9-13(6)15(14)21(11(3)4,18(26)27)19(28)29/h10-15H,7-9H2,1-6H3,(H,22,23)(H,24,25)(H,26,27)(H,28,29). The lowest BCUT2D eigenvalue weighted by molar-refractivity contribution is -0.196. The summed E-state index contributed by atoms with van der Waals surface area (Å²) in [4.78, 5) is 49.9. The normalized spacial score (nSPS) is 26.2. The zero-order chi connectivity index (χ0) is 22.9. The largest absolute Gasteiger partial charge is 0.480 e. The van der Waals surface area contributed by atoms with Crippen molar-refractivity contribution in [2.24, 2.45) is 46.3 Å². The van der Waals surface area contributed by atoms with Crippen molar-refractivity contribution in [1.29, 1.82) is 0 Å². The van der Waals surface area contributed by atoms with Gasteiger partial charge < -0.3 is 20.4 Å².